The molecule has 0 radical (unpaired) electrons. The minimum atomic E-state index is -0.0420. The Hall–Kier alpha value is -0.800. The smallest absolute Gasteiger partial charge is 0.213 e. The fourth-order valence-corrected chi connectivity index (χ4v) is 1.44. The lowest BCUT2D eigenvalue weighted by molar-refractivity contribution is 0.197. The molecule has 0 bridgehead atoms. The van der Waals surface area contributed by atoms with Crippen LogP contribution in [0.3, 0.4) is 0 Å². The van der Waals surface area contributed by atoms with Crippen molar-refractivity contribution in [2.45, 2.75) is 11.8 Å². The third kappa shape index (κ3) is 3.52. The summed E-state index contributed by atoms with van der Waals surface area (Å²) in [6.07, 6.45) is 0.687. The predicted octanol–water partition coefficient (Wildman–Crippen LogP) is 1.89. The van der Waals surface area contributed by atoms with Gasteiger partial charge in [0.2, 0.25) is 5.88 Å². The molecule has 0 aromatic carbocycles. The standard InChI is InChI=1S/C10H14ClNO2/c1-13-7-8(11)6-9-4-3-5-10(12-9)14-2/h3-5,8H,6-7H2,1-2H3. The van der Waals surface area contributed by atoms with E-state index in [9.17, 15) is 0 Å². The monoisotopic (exact) mass is 215 g/mol. The molecular formula is C10H14ClNO2. The zero-order valence-corrected chi connectivity index (χ0v) is 9.12. The number of nitrogens with zero attached hydrogens (tertiary/aromatic N) is 1. The second-order valence-electron chi connectivity index (χ2n) is 2.93. The Morgan fingerprint density at radius 2 is 2.21 bits per heavy atom. The van der Waals surface area contributed by atoms with E-state index in [0.717, 1.165) is 5.69 Å². The minimum Gasteiger partial charge on any atom is -0.481 e. The average molecular weight is 216 g/mol. The number of pyridine rings is 1. The number of hydrogen-bond donors (Lipinski definition) is 0. The number of halogens is 1. The Kier molecular flexibility index (Phi) is 4.70. The van der Waals surface area contributed by atoms with Crippen molar-refractivity contribution in [2.24, 2.45) is 0 Å². The van der Waals surface area contributed by atoms with E-state index in [1.807, 2.05) is 18.2 Å². The molecule has 0 aliphatic carbocycles. The largest absolute Gasteiger partial charge is 0.481 e. The van der Waals surface area contributed by atoms with Crippen LogP contribution in [0.2, 0.25) is 0 Å². The molecule has 1 aromatic heterocycles. The molecule has 0 aliphatic rings. The third-order valence-corrected chi connectivity index (χ3v) is 2.05. The van der Waals surface area contributed by atoms with E-state index in [-0.39, 0.29) is 5.38 Å². The molecule has 0 aliphatic heterocycles. The molecular weight excluding hydrogens is 202 g/mol. The van der Waals surface area contributed by atoms with Crippen molar-refractivity contribution in [1.29, 1.82) is 0 Å². The molecule has 0 saturated heterocycles. The Morgan fingerprint density at radius 3 is 2.86 bits per heavy atom. The van der Waals surface area contributed by atoms with Crippen LogP contribution in [0, 0.1) is 0 Å². The van der Waals surface area contributed by atoms with Gasteiger partial charge in [0.05, 0.1) is 19.1 Å². The van der Waals surface area contributed by atoms with Gasteiger partial charge in [-0.05, 0) is 6.07 Å². The summed E-state index contributed by atoms with van der Waals surface area (Å²) >= 11 is 6.01. The molecule has 78 valence electrons. The SMILES string of the molecule is COCC(Cl)Cc1cccc(OC)n1. The van der Waals surface area contributed by atoms with Gasteiger partial charge in [0, 0.05) is 25.3 Å². The van der Waals surface area contributed by atoms with E-state index in [0.29, 0.717) is 18.9 Å². The van der Waals surface area contributed by atoms with Crippen molar-refractivity contribution in [1.82, 2.24) is 4.98 Å². The summed E-state index contributed by atoms with van der Waals surface area (Å²) in [7, 11) is 3.23. The molecule has 3 nitrogen and oxygen atoms in total. The molecule has 0 saturated carbocycles. The summed E-state index contributed by atoms with van der Waals surface area (Å²) in [5.41, 5.74) is 0.918. The molecule has 1 atom stereocenters. The highest BCUT2D eigenvalue weighted by Crippen LogP contribution is 2.10. The minimum absolute atomic E-state index is 0.0420. The summed E-state index contributed by atoms with van der Waals surface area (Å²) in [5.74, 6) is 0.615. The first-order chi connectivity index (χ1) is 6.76. The van der Waals surface area contributed by atoms with Gasteiger partial charge in [-0.3, -0.25) is 0 Å². The summed E-state index contributed by atoms with van der Waals surface area (Å²) in [5, 5.41) is -0.0420. The fourth-order valence-electron chi connectivity index (χ4n) is 1.15. The number of hydrogen-bond acceptors (Lipinski definition) is 3. The van der Waals surface area contributed by atoms with Crippen molar-refractivity contribution >= 4 is 11.6 Å². The lowest BCUT2D eigenvalue weighted by Crippen LogP contribution is -2.11. The molecule has 14 heavy (non-hydrogen) atoms. The molecule has 0 spiro atoms. The summed E-state index contributed by atoms with van der Waals surface area (Å²) in [6, 6.07) is 5.63. The van der Waals surface area contributed by atoms with Crippen molar-refractivity contribution in [3.05, 3.63) is 23.9 Å². The maximum absolute atomic E-state index is 6.01. The van der Waals surface area contributed by atoms with Crippen LogP contribution in [-0.2, 0) is 11.2 Å². The highest BCUT2D eigenvalue weighted by Gasteiger charge is 2.06. The van der Waals surface area contributed by atoms with E-state index < -0.39 is 0 Å². The van der Waals surface area contributed by atoms with Crippen LogP contribution in [0.15, 0.2) is 18.2 Å². The van der Waals surface area contributed by atoms with E-state index in [1.54, 1.807) is 14.2 Å². The topological polar surface area (TPSA) is 31.4 Å². The van der Waals surface area contributed by atoms with Crippen LogP contribution < -0.4 is 4.74 Å². The van der Waals surface area contributed by atoms with Gasteiger partial charge < -0.3 is 9.47 Å². The van der Waals surface area contributed by atoms with Crippen LogP contribution in [0.4, 0.5) is 0 Å². The quantitative estimate of drug-likeness (QED) is 0.703. The second kappa shape index (κ2) is 5.83. The summed E-state index contributed by atoms with van der Waals surface area (Å²) in [6.45, 7) is 0.528. The third-order valence-electron chi connectivity index (χ3n) is 1.77. The van der Waals surface area contributed by atoms with Gasteiger partial charge in [0.1, 0.15) is 0 Å². The molecule has 0 N–H and O–H groups in total. The summed E-state index contributed by atoms with van der Waals surface area (Å²) in [4.78, 5) is 4.25. The van der Waals surface area contributed by atoms with Crippen molar-refractivity contribution < 1.29 is 9.47 Å². The van der Waals surface area contributed by atoms with E-state index in [4.69, 9.17) is 21.1 Å². The van der Waals surface area contributed by atoms with E-state index in [2.05, 4.69) is 4.98 Å². The van der Waals surface area contributed by atoms with Crippen LogP contribution in [-0.4, -0.2) is 31.2 Å². The van der Waals surface area contributed by atoms with Crippen molar-refractivity contribution in [3.8, 4) is 5.88 Å². The molecule has 4 heteroatoms. The van der Waals surface area contributed by atoms with Gasteiger partial charge in [0.15, 0.2) is 0 Å². The van der Waals surface area contributed by atoms with Gasteiger partial charge in [-0.2, -0.15) is 0 Å². The highest BCUT2D eigenvalue weighted by atomic mass is 35.5. The lowest BCUT2D eigenvalue weighted by Gasteiger charge is -2.08. The predicted molar refractivity (Wildman–Crippen MR) is 56.0 cm³/mol. The van der Waals surface area contributed by atoms with Gasteiger partial charge in [-0.25, -0.2) is 4.98 Å². The molecule has 1 unspecified atom stereocenters. The average Bonchev–Trinajstić information content (AvgIpc) is 2.18. The van der Waals surface area contributed by atoms with Crippen molar-refractivity contribution in [2.75, 3.05) is 20.8 Å². The highest BCUT2D eigenvalue weighted by molar-refractivity contribution is 6.20. The number of aromatic nitrogens is 1. The first-order valence-corrected chi connectivity index (χ1v) is 4.83. The Balaban J connectivity index is 2.57. The normalized spacial score (nSPS) is 12.5. The van der Waals surface area contributed by atoms with Gasteiger partial charge in [-0.15, -0.1) is 11.6 Å². The summed E-state index contributed by atoms with van der Waals surface area (Å²) < 4.78 is 9.95. The van der Waals surface area contributed by atoms with Gasteiger partial charge in [-0.1, -0.05) is 6.07 Å². The second-order valence-corrected chi connectivity index (χ2v) is 3.55. The Bertz CT molecular complexity index is 281. The van der Waals surface area contributed by atoms with Crippen LogP contribution >= 0.6 is 11.6 Å². The maximum Gasteiger partial charge on any atom is 0.213 e. The van der Waals surface area contributed by atoms with Crippen LogP contribution in [0.1, 0.15) is 5.69 Å². The molecule has 0 amide bonds. The van der Waals surface area contributed by atoms with Crippen LogP contribution in [0.5, 0.6) is 5.88 Å². The molecule has 1 aromatic rings. The lowest BCUT2D eigenvalue weighted by atomic mass is 10.2. The van der Waals surface area contributed by atoms with Gasteiger partial charge in [0.25, 0.3) is 0 Å². The Morgan fingerprint density at radius 1 is 1.43 bits per heavy atom. The van der Waals surface area contributed by atoms with E-state index >= 15 is 0 Å². The van der Waals surface area contributed by atoms with Crippen LogP contribution in [0.25, 0.3) is 0 Å². The molecule has 1 heterocycles. The molecule has 1 rings (SSSR count). The Labute approximate surface area is 89.0 Å². The fraction of sp³-hybridized carbons (Fsp3) is 0.500. The first kappa shape index (κ1) is 11.3. The number of alkyl halides is 1. The number of methoxy groups -OCH3 is 2. The van der Waals surface area contributed by atoms with Crippen molar-refractivity contribution in [3.63, 3.8) is 0 Å². The first-order valence-electron chi connectivity index (χ1n) is 4.39. The molecule has 0 fully saturated rings. The zero-order chi connectivity index (χ0) is 10.4. The number of rotatable bonds is 5. The number of ether oxygens (including phenoxy) is 2. The maximum atomic E-state index is 6.01. The zero-order valence-electron chi connectivity index (χ0n) is 8.37. The van der Waals surface area contributed by atoms with Gasteiger partial charge >= 0.3 is 0 Å². The van der Waals surface area contributed by atoms with E-state index in [1.165, 1.54) is 0 Å².